The minimum Gasteiger partial charge on any atom is -0.495 e. The van der Waals surface area contributed by atoms with Gasteiger partial charge < -0.3 is 20.9 Å². The highest BCUT2D eigenvalue weighted by Crippen LogP contribution is 2.24. The number of methoxy groups -OCH3 is 1. The molecule has 0 aliphatic heterocycles. The van der Waals surface area contributed by atoms with E-state index in [1.54, 1.807) is 0 Å². The van der Waals surface area contributed by atoms with E-state index >= 15 is 0 Å². The van der Waals surface area contributed by atoms with Gasteiger partial charge in [0, 0.05) is 12.6 Å². The van der Waals surface area contributed by atoms with Gasteiger partial charge in [-0.1, -0.05) is 0 Å². The predicted octanol–water partition coefficient (Wildman–Crippen LogP) is 0.658. The number of rotatable bonds is 5. The Morgan fingerprint density at radius 2 is 2.38 bits per heavy atom. The van der Waals surface area contributed by atoms with Crippen molar-refractivity contribution in [3.05, 3.63) is 24.0 Å². The third-order valence-corrected chi connectivity index (χ3v) is 1.99. The van der Waals surface area contributed by atoms with Crippen LogP contribution >= 0.6 is 0 Å². The lowest BCUT2D eigenvalue weighted by atomic mass is 10.2. The van der Waals surface area contributed by atoms with Crippen LogP contribution in [0.3, 0.4) is 0 Å². The molecule has 0 aliphatic carbocycles. The highest BCUT2D eigenvalue weighted by atomic mass is 19.1. The number of anilines is 1. The normalized spacial score (nSPS) is 11.9. The summed E-state index contributed by atoms with van der Waals surface area (Å²) in [4.78, 5) is 10.5. The summed E-state index contributed by atoms with van der Waals surface area (Å²) in [6, 6.07) is 2.87. The van der Waals surface area contributed by atoms with Gasteiger partial charge in [0.15, 0.2) is 0 Å². The van der Waals surface area contributed by atoms with Gasteiger partial charge in [0.25, 0.3) is 0 Å². The third-order valence-electron chi connectivity index (χ3n) is 1.99. The van der Waals surface area contributed by atoms with Crippen molar-refractivity contribution in [3.8, 4) is 5.75 Å². The van der Waals surface area contributed by atoms with Crippen molar-refractivity contribution in [1.82, 2.24) is 0 Å². The molecule has 0 saturated carbocycles. The van der Waals surface area contributed by atoms with Crippen molar-refractivity contribution < 1.29 is 19.0 Å². The lowest BCUT2D eigenvalue weighted by Gasteiger charge is -2.12. The number of nitrogens with two attached hydrogens (primary N) is 1. The first kappa shape index (κ1) is 12.3. The molecule has 1 atom stereocenters. The fourth-order valence-corrected chi connectivity index (χ4v) is 1.13. The van der Waals surface area contributed by atoms with E-state index in [9.17, 15) is 9.18 Å². The molecule has 0 spiro atoms. The Morgan fingerprint density at radius 1 is 1.69 bits per heavy atom. The summed E-state index contributed by atoms with van der Waals surface area (Å²) in [7, 11) is 1.44. The van der Waals surface area contributed by atoms with E-state index in [1.165, 1.54) is 25.3 Å². The van der Waals surface area contributed by atoms with Gasteiger partial charge in [0.1, 0.15) is 17.6 Å². The summed E-state index contributed by atoms with van der Waals surface area (Å²) in [5, 5.41) is 11.3. The molecular formula is C10H13FN2O3. The number of hydrogen-bond acceptors (Lipinski definition) is 4. The van der Waals surface area contributed by atoms with Crippen LogP contribution in [0.5, 0.6) is 5.75 Å². The van der Waals surface area contributed by atoms with Crippen LogP contribution in [0, 0.1) is 5.82 Å². The second-order valence-corrected chi connectivity index (χ2v) is 3.17. The van der Waals surface area contributed by atoms with E-state index in [1.807, 2.05) is 0 Å². The number of benzene rings is 1. The maximum atomic E-state index is 12.9. The molecule has 1 aromatic rings. The first-order valence-electron chi connectivity index (χ1n) is 4.60. The monoisotopic (exact) mass is 228 g/mol. The van der Waals surface area contributed by atoms with Crippen molar-refractivity contribution in [2.75, 3.05) is 19.0 Å². The van der Waals surface area contributed by atoms with E-state index in [2.05, 4.69) is 5.32 Å². The highest BCUT2D eigenvalue weighted by molar-refractivity contribution is 5.74. The molecule has 0 bridgehead atoms. The maximum Gasteiger partial charge on any atom is 0.322 e. The topological polar surface area (TPSA) is 84.6 Å². The number of carbonyl (C=O) groups is 1. The summed E-state index contributed by atoms with van der Waals surface area (Å²) in [5.74, 6) is -1.13. The number of carboxylic acids is 1. The first-order valence-corrected chi connectivity index (χ1v) is 4.60. The van der Waals surface area contributed by atoms with E-state index in [4.69, 9.17) is 15.6 Å². The highest BCUT2D eigenvalue weighted by Gasteiger charge is 2.12. The summed E-state index contributed by atoms with van der Waals surface area (Å²) in [6.45, 7) is -0.00481. The number of carboxylic acid groups (broad SMARTS) is 1. The van der Waals surface area contributed by atoms with Crippen LogP contribution < -0.4 is 15.8 Å². The molecule has 88 valence electrons. The molecule has 0 amide bonds. The number of ether oxygens (including phenoxy) is 1. The predicted molar refractivity (Wildman–Crippen MR) is 57.1 cm³/mol. The van der Waals surface area contributed by atoms with Crippen LogP contribution in [0.15, 0.2) is 18.2 Å². The molecule has 4 N–H and O–H groups in total. The number of hydrogen-bond donors (Lipinski definition) is 3. The standard InChI is InChI=1S/C10H13FN2O3/c1-16-9-3-2-6(11)4-8(9)13-5-7(12)10(14)15/h2-4,7,13H,5,12H2,1H3,(H,14,15). The Hall–Kier alpha value is -1.82. The van der Waals surface area contributed by atoms with Crippen molar-refractivity contribution in [1.29, 1.82) is 0 Å². The Morgan fingerprint density at radius 3 is 2.94 bits per heavy atom. The zero-order valence-electron chi connectivity index (χ0n) is 8.74. The van der Waals surface area contributed by atoms with Gasteiger partial charge in [-0.15, -0.1) is 0 Å². The van der Waals surface area contributed by atoms with Gasteiger partial charge in [-0.25, -0.2) is 4.39 Å². The third kappa shape index (κ3) is 3.09. The average Bonchev–Trinajstić information content (AvgIpc) is 2.25. The molecule has 1 rings (SSSR count). The van der Waals surface area contributed by atoms with E-state index in [-0.39, 0.29) is 6.54 Å². The van der Waals surface area contributed by atoms with Gasteiger partial charge in [0.05, 0.1) is 12.8 Å². The smallest absolute Gasteiger partial charge is 0.322 e. The minimum absolute atomic E-state index is 0.00481. The van der Waals surface area contributed by atoms with Crippen molar-refractivity contribution in [3.63, 3.8) is 0 Å². The lowest BCUT2D eigenvalue weighted by molar-refractivity contribution is -0.138. The Balaban J connectivity index is 2.72. The molecule has 16 heavy (non-hydrogen) atoms. The summed E-state index contributed by atoms with van der Waals surface area (Å²) >= 11 is 0. The SMILES string of the molecule is COc1ccc(F)cc1NCC(N)C(=O)O. The fraction of sp³-hybridized carbons (Fsp3) is 0.300. The minimum atomic E-state index is -1.12. The van der Waals surface area contributed by atoms with E-state index in [0.717, 1.165) is 0 Å². The van der Waals surface area contributed by atoms with Crippen LogP contribution in [0.25, 0.3) is 0 Å². The first-order chi connectivity index (χ1) is 7.54. The maximum absolute atomic E-state index is 12.9. The van der Waals surface area contributed by atoms with Gasteiger partial charge in [-0.2, -0.15) is 0 Å². The zero-order chi connectivity index (χ0) is 12.1. The fourth-order valence-electron chi connectivity index (χ4n) is 1.13. The van der Waals surface area contributed by atoms with Crippen molar-refractivity contribution in [2.24, 2.45) is 5.73 Å². The molecule has 6 heteroatoms. The Labute approximate surface area is 92.0 Å². The molecule has 0 heterocycles. The molecule has 0 fully saturated rings. The summed E-state index contributed by atoms with van der Waals surface area (Å²) in [6.07, 6.45) is 0. The lowest BCUT2D eigenvalue weighted by Crippen LogP contribution is -2.37. The van der Waals surface area contributed by atoms with Gasteiger partial charge >= 0.3 is 5.97 Å². The van der Waals surface area contributed by atoms with E-state index in [0.29, 0.717) is 11.4 Å². The molecule has 1 aromatic carbocycles. The van der Waals surface area contributed by atoms with Gasteiger partial charge in [0.2, 0.25) is 0 Å². The number of halogens is 1. The van der Waals surface area contributed by atoms with Crippen LogP contribution in [-0.4, -0.2) is 30.8 Å². The van der Waals surface area contributed by atoms with E-state index < -0.39 is 17.8 Å². The van der Waals surface area contributed by atoms with Gasteiger partial charge in [-0.05, 0) is 12.1 Å². The molecule has 0 radical (unpaired) electrons. The second kappa shape index (κ2) is 5.32. The largest absolute Gasteiger partial charge is 0.495 e. The molecule has 0 aromatic heterocycles. The molecule has 0 saturated heterocycles. The number of nitrogens with one attached hydrogen (secondary N) is 1. The van der Waals surface area contributed by atoms with Crippen LogP contribution in [0.4, 0.5) is 10.1 Å². The van der Waals surface area contributed by atoms with Crippen molar-refractivity contribution >= 4 is 11.7 Å². The Kier molecular flexibility index (Phi) is 4.07. The molecule has 1 unspecified atom stereocenters. The quantitative estimate of drug-likeness (QED) is 0.689. The van der Waals surface area contributed by atoms with Crippen LogP contribution in [0.2, 0.25) is 0 Å². The molecule has 5 nitrogen and oxygen atoms in total. The zero-order valence-corrected chi connectivity index (χ0v) is 8.74. The summed E-state index contributed by atoms with van der Waals surface area (Å²) in [5.41, 5.74) is 5.67. The second-order valence-electron chi connectivity index (χ2n) is 3.17. The molecule has 0 aliphatic rings. The van der Waals surface area contributed by atoms with Crippen LogP contribution in [-0.2, 0) is 4.79 Å². The Bertz CT molecular complexity index is 384. The molecular weight excluding hydrogens is 215 g/mol. The van der Waals surface area contributed by atoms with Crippen molar-refractivity contribution in [2.45, 2.75) is 6.04 Å². The summed E-state index contributed by atoms with van der Waals surface area (Å²) < 4.78 is 17.9. The average molecular weight is 228 g/mol. The van der Waals surface area contributed by atoms with Gasteiger partial charge in [-0.3, -0.25) is 4.79 Å². The number of aliphatic carboxylic acids is 1. The van der Waals surface area contributed by atoms with Crippen LogP contribution in [0.1, 0.15) is 0 Å².